The number of thiophene rings is 1. The Labute approximate surface area is 156 Å². The first kappa shape index (κ1) is 16.5. The number of nitrogens with one attached hydrogen (secondary N) is 1. The van der Waals surface area contributed by atoms with Gasteiger partial charge in [0.05, 0.1) is 6.42 Å². The molecule has 2 heterocycles. The maximum atomic E-state index is 12.6. The van der Waals surface area contributed by atoms with Gasteiger partial charge in [0, 0.05) is 23.8 Å². The maximum absolute atomic E-state index is 12.6. The van der Waals surface area contributed by atoms with Gasteiger partial charge in [-0.3, -0.25) is 9.48 Å². The van der Waals surface area contributed by atoms with E-state index in [1.165, 1.54) is 4.88 Å². The number of aromatic nitrogens is 2. The van der Waals surface area contributed by atoms with Crippen molar-refractivity contribution in [2.75, 3.05) is 6.54 Å². The summed E-state index contributed by atoms with van der Waals surface area (Å²) in [5.41, 5.74) is 1.05. The molecule has 4 nitrogen and oxygen atoms in total. The van der Waals surface area contributed by atoms with E-state index >= 15 is 0 Å². The number of rotatable bonds is 6. The fraction of sp³-hybridized carbons (Fsp3) is 0.143. The number of carbonyl (C=O) groups is 1. The first-order valence-electron chi connectivity index (χ1n) is 8.57. The van der Waals surface area contributed by atoms with E-state index < -0.39 is 0 Å². The predicted molar refractivity (Wildman–Crippen MR) is 105 cm³/mol. The van der Waals surface area contributed by atoms with Crippen LogP contribution in [0.5, 0.6) is 0 Å². The van der Waals surface area contributed by atoms with E-state index in [1.54, 1.807) is 17.5 Å². The molecule has 0 fully saturated rings. The predicted octanol–water partition coefficient (Wildman–Crippen LogP) is 4.05. The zero-order valence-corrected chi connectivity index (χ0v) is 15.0. The van der Waals surface area contributed by atoms with E-state index in [0.717, 1.165) is 16.3 Å². The van der Waals surface area contributed by atoms with Gasteiger partial charge in [0.15, 0.2) is 0 Å². The van der Waals surface area contributed by atoms with Crippen LogP contribution < -0.4 is 5.32 Å². The van der Waals surface area contributed by atoms with Crippen LogP contribution in [-0.4, -0.2) is 22.2 Å². The van der Waals surface area contributed by atoms with Crippen LogP contribution in [0.3, 0.4) is 0 Å². The Kier molecular flexibility index (Phi) is 4.80. The Hall–Kier alpha value is -2.92. The molecule has 5 heteroatoms. The third-order valence-corrected chi connectivity index (χ3v) is 5.41. The molecule has 0 saturated carbocycles. The molecular weight excluding hydrogens is 342 g/mol. The number of amides is 1. The minimum Gasteiger partial charge on any atom is -0.353 e. The summed E-state index contributed by atoms with van der Waals surface area (Å²) in [7, 11) is 0. The van der Waals surface area contributed by atoms with E-state index in [4.69, 9.17) is 0 Å². The van der Waals surface area contributed by atoms with Gasteiger partial charge in [0.25, 0.3) is 0 Å². The maximum Gasteiger partial charge on any atom is 0.224 e. The molecule has 4 aromatic rings. The molecule has 0 aliphatic heterocycles. The monoisotopic (exact) mass is 361 g/mol. The number of fused-ring (bicyclic) bond motifs is 1. The molecule has 1 N–H and O–H groups in total. The van der Waals surface area contributed by atoms with Gasteiger partial charge in [0.2, 0.25) is 5.91 Å². The lowest BCUT2D eigenvalue weighted by Crippen LogP contribution is -2.32. The van der Waals surface area contributed by atoms with Crippen LogP contribution in [0, 0.1) is 0 Å². The smallest absolute Gasteiger partial charge is 0.224 e. The molecule has 130 valence electrons. The second-order valence-electron chi connectivity index (χ2n) is 6.14. The Balaban J connectivity index is 1.47. The molecule has 0 bridgehead atoms. The van der Waals surface area contributed by atoms with Crippen molar-refractivity contribution in [3.63, 3.8) is 0 Å². The summed E-state index contributed by atoms with van der Waals surface area (Å²) in [5, 5.41) is 11.8. The van der Waals surface area contributed by atoms with E-state index in [1.807, 2.05) is 52.7 Å². The largest absolute Gasteiger partial charge is 0.353 e. The molecule has 0 saturated heterocycles. The lowest BCUT2D eigenvalue weighted by atomic mass is 10.0. The normalized spacial score (nSPS) is 12.2. The third-order valence-electron chi connectivity index (χ3n) is 4.44. The molecule has 0 radical (unpaired) electrons. The summed E-state index contributed by atoms with van der Waals surface area (Å²) in [5.74, 6) is 0.0232. The Morgan fingerprint density at radius 3 is 2.77 bits per heavy atom. The minimum atomic E-state index is 0.0152. The van der Waals surface area contributed by atoms with Gasteiger partial charge in [-0.2, -0.15) is 5.10 Å². The van der Waals surface area contributed by atoms with Crippen LogP contribution in [-0.2, 0) is 11.2 Å². The number of carbonyl (C=O) groups excluding carboxylic acids is 1. The molecule has 2 aromatic carbocycles. The standard InChI is InChI=1S/C21H19N3OS/c25-21(14-17-8-3-7-16-6-1-2-9-18(16)17)22-15-19(20-10-4-13-26-20)24-12-5-11-23-24/h1-13,19H,14-15H2,(H,22,25)/t19-/m0/s1. The molecule has 0 aliphatic carbocycles. The van der Waals surface area contributed by atoms with Crippen molar-refractivity contribution < 1.29 is 4.79 Å². The van der Waals surface area contributed by atoms with E-state index in [9.17, 15) is 4.79 Å². The van der Waals surface area contributed by atoms with Gasteiger partial charge in [-0.05, 0) is 33.8 Å². The molecule has 4 rings (SSSR count). The topological polar surface area (TPSA) is 46.9 Å². The van der Waals surface area contributed by atoms with Crippen LogP contribution in [0.2, 0.25) is 0 Å². The van der Waals surface area contributed by atoms with Crippen molar-refractivity contribution in [2.45, 2.75) is 12.5 Å². The van der Waals surface area contributed by atoms with E-state index in [0.29, 0.717) is 13.0 Å². The SMILES string of the molecule is O=C(Cc1cccc2ccccc12)NC[C@@H](c1cccs1)n1cccn1. The summed E-state index contributed by atoms with van der Waals surface area (Å²) in [6.45, 7) is 0.520. The van der Waals surface area contributed by atoms with Crippen molar-refractivity contribution in [1.82, 2.24) is 15.1 Å². The molecule has 26 heavy (non-hydrogen) atoms. The number of hydrogen-bond donors (Lipinski definition) is 1. The summed E-state index contributed by atoms with van der Waals surface area (Å²) < 4.78 is 1.89. The van der Waals surface area contributed by atoms with Crippen molar-refractivity contribution in [3.8, 4) is 0 Å². The zero-order valence-electron chi connectivity index (χ0n) is 14.2. The number of benzene rings is 2. The van der Waals surface area contributed by atoms with Gasteiger partial charge in [-0.25, -0.2) is 0 Å². The highest BCUT2D eigenvalue weighted by molar-refractivity contribution is 7.10. The molecule has 0 unspecified atom stereocenters. The summed E-state index contributed by atoms with van der Waals surface area (Å²) in [4.78, 5) is 13.7. The quantitative estimate of drug-likeness (QED) is 0.563. The van der Waals surface area contributed by atoms with Crippen LogP contribution in [0.15, 0.2) is 78.4 Å². The van der Waals surface area contributed by atoms with Gasteiger partial charge in [0.1, 0.15) is 6.04 Å². The molecular formula is C21H19N3OS. The second kappa shape index (κ2) is 7.54. The van der Waals surface area contributed by atoms with E-state index in [2.05, 4.69) is 34.7 Å². The summed E-state index contributed by atoms with van der Waals surface area (Å²) >= 11 is 1.67. The molecule has 0 spiro atoms. The summed E-state index contributed by atoms with van der Waals surface area (Å²) in [6.07, 6.45) is 4.07. The van der Waals surface area contributed by atoms with E-state index in [-0.39, 0.29) is 11.9 Å². The third kappa shape index (κ3) is 3.53. The highest BCUT2D eigenvalue weighted by Crippen LogP contribution is 2.22. The molecule has 2 aromatic heterocycles. The van der Waals surface area contributed by atoms with Crippen LogP contribution in [0.4, 0.5) is 0 Å². The Morgan fingerprint density at radius 2 is 1.96 bits per heavy atom. The molecule has 0 aliphatic rings. The van der Waals surface area contributed by atoms with Gasteiger partial charge in [-0.15, -0.1) is 11.3 Å². The Morgan fingerprint density at radius 1 is 1.08 bits per heavy atom. The fourth-order valence-corrected chi connectivity index (χ4v) is 3.98. The zero-order chi connectivity index (χ0) is 17.8. The van der Waals surface area contributed by atoms with Gasteiger partial charge < -0.3 is 5.32 Å². The Bertz CT molecular complexity index is 954. The molecule has 1 atom stereocenters. The second-order valence-corrected chi connectivity index (χ2v) is 7.12. The lowest BCUT2D eigenvalue weighted by molar-refractivity contribution is -0.120. The van der Waals surface area contributed by atoms with Crippen LogP contribution in [0.1, 0.15) is 16.5 Å². The number of nitrogens with zero attached hydrogens (tertiary/aromatic N) is 2. The van der Waals surface area contributed by atoms with Crippen LogP contribution in [0.25, 0.3) is 10.8 Å². The first-order chi connectivity index (χ1) is 12.8. The average molecular weight is 361 g/mol. The lowest BCUT2D eigenvalue weighted by Gasteiger charge is -2.17. The fourth-order valence-electron chi connectivity index (χ4n) is 3.16. The molecule has 1 amide bonds. The minimum absolute atomic E-state index is 0.0152. The van der Waals surface area contributed by atoms with Gasteiger partial charge >= 0.3 is 0 Å². The highest BCUT2D eigenvalue weighted by Gasteiger charge is 2.16. The van der Waals surface area contributed by atoms with Crippen molar-refractivity contribution >= 4 is 28.0 Å². The summed E-state index contributed by atoms with van der Waals surface area (Å²) in [6, 6.07) is 20.3. The highest BCUT2D eigenvalue weighted by atomic mass is 32.1. The van der Waals surface area contributed by atoms with Crippen molar-refractivity contribution in [3.05, 3.63) is 88.9 Å². The number of hydrogen-bond acceptors (Lipinski definition) is 3. The average Bonchev–Trinajstić information content (AvgIpc) is 3.37. The van der Waals surface area contributed by atoms with Crippen molar-refractivity contribution in [1.29, 1.82) is 0 Å². The first-order valence-corrected chi connectivity index (χ1v) is 9.45. The van der Waals surface area contributed by atoms with Gasteiger partial charge in [-0.1, -0.05) is 48.5 Å². The van der Waals surface area contributed by atoms with Crippen LogP contribution >= 0.6 is 11.3 Å². The van der Waals surface area contributed by atoms with Crippen molar-refractivity contribution in [2.24, 2.45) is 0 Å².